The number of nitro benzene ring substituents is 1. The van der Waals surface area contributed by atoms with Crippen molar-refractivity contribution in [2.45, 2.75) is 6.61 Å². The second-order valence-electron chi connectivity index (χ2n) is 7.79. The minimum absolute atomic E-state index is 0.0283. The molecule has 8 nitrogen and oxygen atoms in total. The van der Waals surface area contributed by atoms with Crippen LogP contribution in [0.5, 0.6) is 5.75 Å². The molecule has 1 heterocycles. The summed E-state index contributed by atoms with van der Waals surface area (Å²) in [6.07, 6.45) is 0. The highest BCUT2D eigenvalue weighted by Gasteiger charge is 2.24. The summed E-state index contributed by atoms with van der Waals surface area (Å²) >= 11 is 0. The predicted octanol–water partition coefficient (Wildman–Crippen LogP) is 4.18. The van der Waals surface area contributed by atoms with Crippen molar-refractivity contribution >= 4 is 23.0 Å². The van der Waals surface area contributed by atoms with Crippen LogP contribution in [0.4, 0.5) is 17.1 Å². The minimum Gasteiger partial charge on any atom is -0.489 e. The molecule has 1 fully saturated rings. The van der Waals surface area contributed by atoms with Crippen LogP contribution >= 0.6 is 0 Å². The molecule has 0 aliphatic carbocycles. The average Bonchev–Trinajstić information content (AvgIpc) is 2.87. The highest BCUT2D eigenvalue weighted by Crippen LogP contribution is 2.30. The molecule has 0 saturated carbocycles. The molecule has 0 radical (unpaired) electrons. The van der Waals surface area contributed by atoms with Crippen LogP contribution < -0.4 is 15.0 Å². The summed E-state index contributed by atoms with van der Waals surface area (Å²) in [6, 6.07) is 22.2. The molecule has 1 aliphatic heterocycles. The van der Waals surface area contributed by atoms with Gasteiger partial charge in [0.15, 0.2) is 0 Å². The van der Waals surface area contributed by atoms with Crippen molar-refractivity contribution < 1.29 is 14.5 Å². The van der Waals surface area contributed by atoms with E-state index in [1.807, 2.05) is 47.4 Å². The molecule has 8 heteroatoms. The van der Waals surface area contributed by atoms with E-state index in [4.69, 9.17) is 4.74 Å². The quantitative estimate of drug-likeness (QED) is 0.433. The van der Waals surface area contributed by atoms with Gasteiger partial charge >= 0.3 is 0 Å². The molecule has 3 aromatic carbocycles. The molecule has 33 heavy (non-hydrogen) atoms. The van der Waals surface area contributed by atoms with E-state index in [0.717, 1.165) is 11.3 Å². The maximum absolute atomic E-state index is 13.1. The van der Waals surface area contributed by atoms with Gasteiger partial charge in [-0.1, -0.05) is 36.4 Å². The maximum Gasteiger partial charge on any atom is 0.292 e. The van der Waals surface area contributed by atoms with Crippen LogP contribution in [0.2, 0.25) is 0 Å². The number of benzene rings is 3. The van der Waals surface area contributed by atoms with Crippen molar-refractivity contribution in [2.24, 2.45) is 0 Å². The molecule has 4 rings (SSSR count). The van der Waals surface area contributed by atoms with Gasteiger partial charge in [-0.05, 0) is 35.9 Å². The number of anilines is 2. The normalized spacial score (nSPS) is 13.5. The highest BCUT2D eigenvalue weighted by molar-refractivity contribution is 5.94. The molecule has 1 aliphatic rings. The Morgan fingerprint density at radius 3 is 2.45 bits per heavy atom. The third-order valence-corrected chi connectivity index (χ3v) is 5.71. The second-order valence-corrected chi connectivity index (χ2v) is 7.79. The van der Waals surface area contributed by atoms with Gasteiger partial charge in [-0.25, -0.2) is 0 Å². The fourth-order valence-electron chi connectivity index (χ4n) is 3.89. The van der Waals surface area contributed by atoms with Crippen LogP contribution in [0.1, 0.15) is 15.9 Å². The van der Waals surface area contributed by atoms with Gasteiger partial charge in [0.1, 0.15) is 18.0 Å². The standard InChI is InChI=1S/C25H26N4O4/c1-26-23-17-21(10-11-24(23)29(31)32)27-12-14-28(15-13-27)25(30)20-8-5-9-22(16-20)33-18-19-6-3-2-4-7-19/h2-11,16-17,26H,12-15,18H2,1H3. The first-order valence-electron chi connectivity index (χ1n) is 10.8. The number of nitrogens with one attached hydrogen (secondary N) is 1. The third kappa shape index (κ3) is 5.23. The first-order valence-corrected chi connectivity index (χ1v) is 10.8. The molecule has 0 atom stereocenters. The van der Waals surface area contributed by atoms with Gasteiger partial charge in [0.2, 0.25) is 0 Å². The van der Waals surface area contributed by atoms with E-state index < -0.39 is 4.92 Å². The minimum atomic E-state index is -0.399. The van der Waals surface area contributed by atoms with Gasteiger partial charge in [0.05, 0.1) is 4.92 Å². The summed E-state index contributed by atoms with van der Waals surface area (Å²) in [5, 5.41) is 14.0. The Labute approximate surface area is 192 Å². The van der Waals surface area contributed by atoms with Crippen LogP contribution in [0.15, 0.2) is 72.8 Å². The molecule has 1 amide bonds. The zero-order chi connectivity index (χ0) is 23.2. The fourth-order valence-corrected chi connectivity index (χ4v) is 3.89. The van der Waals surface area contributed by atoms with Gasteiger partial charge in [0.25, 0.3) is 11.6 Å². The zero-order valence-corrected chi connectivity index (χ0v) is 18.4. The summed E-state index contributed by atoms with van der Waals surface area (Å²) in [7, 11) is 1.67. The van der Waals surface area contributed by atoms with Crippen molar-refractivity contribution in [3.8, 4) is 5.75 Å². The van der Waals surface area contributed by atoms with E-state index in [1.165, 1.54) is 6.07 Å². The molecular weight excluding hydrogens is 420 g/mol. The molecule has 0 bridgehead atoms. The number of rotatable bonds is 7. The average molecular weight is 447 g/mol. The molecule has 0 unspecified atom stereocenters. The largest absolute Gasteiger partial charge is 0.489 e. The van der Waals surface area contributed by atoms with Gasteiger partial charge in [0, 0.05) is 50.5 Å². The smallest absolute Gasteiger partial charge is 0.292 e. The van der Waals surface area contributed by atoms with E-state index in [-0.39, 0.29) is 11.6 Å². The van der Waals surface area contributed by atoms with Crippen molar-refractivity contribution in [3.05, 3.63) is 94.0 Å². The lowest BCUT2D eigenvalue weighted by atomic mass is 10.1. The Morgan fingerprint density at radius 1 is 1.00 bits per heavy atom. The molecule has 170 valence electrons. The number of amides is 1. The van der Waals surface area contributed by atoms with Crippen molar-refractivity contribution in [3.63, 3.8) is 0 Å². The zero-order valence-electron chi connectivity index (χ0n) is 18.4. The summed E-state index contributed by atoms with van der Waals surface area (Å²) in [6.45, 7) is 2.88. The van der Waals surface area contributed by atoms with Gasteiger partial charge in [-0.3, -0.25) is 14.9 Å². The lowest BCUT2D eigenvalue weighted by Gasteiger charge is -2.36. The van der Waals surface area contributed by atoms with E-state index in [2.05, 4.69) is 10.2 Å². The van der Waals surface area contributed by atoms with E-state index >= 15 is 0 Å². The molecule has 0 spiro atoms. The Kier molecular flexibility index (Phi) is 6.73. The van der Waals surface area contributed by atoms with Gasteiger partial charge in [-0.2, -0.15) is 0 Å². The second kappa shape index (κ2) is 10.0. The Balaban J connectivity index is 1.37. The SMILES string of the molecule is CNc1cc(N2CCN(C(=O)c3cccc(OCc4ccccc4)c3)CC2)ccc1[N+](=O)[O-]. The maximum atomic E-state index is 13.1. The molecule has 1 saturated heterocycles. The van der Waals surface area contributed by atoms with Gasteiger partial charge in [-0.15, -0.1) is 0 Å². The van der Waals surface area contributed by atoms with Crippen LogP contribution in [-0.4, -0.2) is 49.0 Å². The number of carbonyl (C=O) groups is 1. The Hall–Kier alpha value is -4.07. The fraction of sp³-hybridized carbons (Fsp3) is 0.240. The van der Waals surface area contributed by atoms with Crippen LogP contribution in [0, 0.1) is 10.1 Å². The van der Waals surface area contributed by atoms with Crippen LogP contribution in [0.3, 0.4) is 0 Å². The number of hydrogen-bond acceptors (Lipinski definition) is 6. The van der Waals surface area contributed by atoms with Crippen molar-refractivity contribution in [2.75, 3.05) is 43.4 Å². The molecule has 3 aromatic rings. The predicted molar refractivity (Wildman–Crippen MR) is 128 cm³/mol. The first kappa shape index (κ1) is 22.1. The van der Waals surface area contributed by atoms with E-state index in [9.17, 15) is 14.9 Å². The summed E-state index contributed by atoms with van der Waals surface area (Å²) in [5.74, 6) is 0.633. The van der Waals surface area contributed by atoms with Crippen LogP contribution in [-0.2, 0) is 6.61 Å². The molecule has 1 N–H and O–H groups in total. The monoisotopic (exact) mass is 446 g/mol. The van der Waals surface area contributed by atoms with Crippen molar-refractivity contribution in [1.82, 2.24) is 4.90 Å². The number of ether oxygens (including phenoxy) is 1. The summed E-state index contributed by atoms with van der Waals surface area (Å²) < 4.78 is 5.86. The van der Waals surface area contributed by atoms with Crippen molar-refractivity contribution in [1.29, 1.82) is 0 Å². The number of nitrogens with zero attached hydrogens (tertiary/aromatic N) is 3. The molecular formula is C25H26N4O4. The number of carbonyl (C=O) groups excluding carboxylic acids is 1. The van der Waals surface area contributed by atoms with E-state index in [1.54, 1.807) is 31.3 Å². The topological polar surface area (TPSA) is 88.0 Å². The summed E-state index contributed by atoms with van der Waals surface area (Å²) in [4.78, 5) is 27.8. The van der Waals surface area contributed by atoms with E-state index in [0.29, 0.717) is 49.8 Å². The Morgan fingerprint density at radius 2 is 1.76 bits per heavy atom. The summed E-state index contributed by atoms with van der Waals surface area (Å²) in [5.41, 5.74) is 3.08. The van der Waals surface area contributed by atoms with Crippen LogP contribution in [0.25, 0.3) is 0 Å². The molecule has 0 aromatic heterocycles. The van der Waals surface area contributed by atoms with Gasteiger partial charge < -0.3 is 19.9 Å². The first-order chi connectivity index (χ1) is 16.0. The number of hydrogen-bond donors (Lipinski definition) is 1. The number of nitro groups is 1. The highest BCUT2D eigenvalue weighted by atomic mass is 16.6. The Bertz CT molecular complexity index is 1130. The number of piperazine rings is 1. The third-order valence-electron chi connectivity index (χ3n) is 5.71. The lowest BCUT2D eigenvalue weighted by molar-refractivity contribution is -0.383. The lowest BCUT2D eigenvalue weighted by Crippen LogP contribution is -2.48.